The maximum atomic E-state index is 11.5. The number of benzene rings is 1. The predicted molar refractivity (Wildman–Crippen MR) is 79.9 cm³/mol. The normalized spacial score (nSPS) is 11.2. The van der Waals surface area contributed by atoms with E-state index < -0.39 is 0 Å². The van der Waals surface area contributed by atoms with Crippen LogP contribution in [-0.4, -0.2) is 54.3 Å². The Hall–Kier alpha value is -1.92. The molecule has 0 aliphatic carbocycles. The van der Waals surface area contributed by atoms with E-state index in [0.29, 0.717) is 19.7 Å². The first-order valence-corrected chi connectivity index (χ1v) is 6.84. The zero-order valence-electron chi connectivity index (χ0n) is 12.7. The summed E-state index contributed by atoms with van der Waals surface area (Å²) in [6.45, 7) is 2.00. The first-order valence-electron chi connectivity index (χ1n) is 6.84. The van der Waals surface area contributed by atoms with Crippen LogP contribution in [0.15, 0.2) is 24.3 Å². The van der Waals surface area contributed by atoms with Crippen molar-refractivity contribution in [2.24, 2.45) is 7.05 Å². The van der Waals surface area contributed by atoms with E-state index in [1.165, 1.54) is 7.11 Å². The fourth-order valence-corrected chi connectivity index (χ4v) is 2.22. The molecule has 21 heavy (non-hydrogen) atoms. The van der Waals surface area contributed by atoms with Crippen molar-refractivity contribution in [3.63, 3.8) is 0 Å². The van der Waals surface area contributed by atoms with Crippen LogP contribution in [0.2, 0.25) is 0 Å². The van der Waals surface area contributed by atoms with E-state index in [1.807, 2.05) is 40.8 Å². The van der Waals surface area contributed by atoms with E-state index >= 15 is 0 Å². The highest BCUT2D eigenvalue weighted by Gasteiger charge is 2.15. The summed E-state index contributed by atoms with van der Waals surface area (Å²) in [5.41, 5.74) is 2.04. The molecule has 1 heterocycles. The summed E-state index contributed by atoms with van der Waals surface area (Å²) in [6.07, 6.45) is 0. The van der Waals surface area contributed by atoms with Gasteiger partial charge in [-0.25, -0.2) is 4.98 Å². The highest BCUT2D eigenvalue weighted by atomic mass is 16.5. The average Bonchev–Trinajstić information content (AvgIpc) is 2.81. The van der Waals surface area contributed by atoms with Gasteiger partial charge in [-0.05, 0) is 12.1 Å². The van der Waals surface area contributed by atoms with E-state index in [-0.39, 0.29) is 12.5 Å². The maximum Gasteiger partial charge on any atom is 0.319 e. The zero-order valence-corrected chi connectivity index (χ0v) is 12.7. The largest absolute Gasteiger partial charge is 0.468 e. The van der Waals surface area contributed by atoms with Gasteiger partial charge in [-0.15, -0.1) is 0 Å². The third-order valence-corrected chi connectivity index (χ3v) is 3.44. The standard InChI is InChI=1S/C15H21N3O3/c1-17-13-7-5-4-6-12(13)16-14(17)10-18(8-9-20-2)11-15(19)21-3/h4-7H,8-11H2,1-3H3. The number of nitrogens with zero attached hydrogens (tertiary/aromatic N) is 3. The first kappa shape index (κ1) is 15.5. The molecule has 2 aromatic rings. The monoisotopic (exact) mass is 291 g/mol. The van der Waals surface area contributed by atoms with Crippen LogP contribution in [0, 0.1) is 0 Å². The Bertz CT molecular complexity index is 609. The summed E-state index contributed by atoms with van der Waals surface area (Å²) >= 11 is 0. The Labute approximate surface area is 124 Å². The van der Waals surface area contributed by atoms with Crippen LogP contribution in [0.1, 0.15) is 5.82 Å². The minimum atomic E-state index is -0.259. The highest BCUT2D eigenvalue weighted by Crippen LogP contribution is 2.15. The molecule has 0 bridgehead atoms. The molecule has 0 fully saturated rings. The summed E-state index contributed by atoms with van der Waals surface area (Å²) in [6, 6.07) is 7.98. The number of rotatable bonds is 7. The number of carbonyl (C=O) groups is 1. The molecule has 1 aromatic heterocycles. The molecule has 0 amide bonds. The summed E-state index contributed by atoms with van der Waals surface area (Å²) in [7, 11) is 5.02. The van der Waals surface area contributed by atoms with Gasteiger partial charge in [-0.3, -0.25) is 9.69 Å². The van der Waals surface area contributed by atoms with Crippen molar-refractivity contribution in [2.45, 2.75) is 6.54 Å². The molecule has 0 aliphatic heterocycles. The lowest BCUT2D eigenvalue weighted by Crippen LogP contribution is -2.33. The molecule has 0 atom stereocenters. The van der Waals surface area contributed by atoms with Crippen molar-refractivity contribution in [3.05, 3.63) is 30.1 Å². The minimum Gasteiger partial charge on any atom is -0.468 e. The van der Waals surface area contributed by atoms with Crippen molar-refractivity contribution in [1.29, 1.82) is 0 Å². The predicted octanol–water partition coefficient (Wildman–Crippen LogP) is 1.19. The molecule has 0 unspecified atom stereocenters. The van der Waals surface area contributed by atoms with Gasteiger partial charge in [0.05, 0.1) is 37.8 Å². The molecular formula is C15H21N3O3. The summed E-state index contributed by atoms with van der Waals surface area (Å²) < 4.78 is 11.9. The van der Waals surface area contributed by atoms with Gasteiger partial charge in [0.25, 0.3) is 0 Å². The number of esters is 1. The van der Waals surface area contributed by atoms with Crippen molar-refractivity contribution >= 4 is 17.0 Å². The number of aryl methyl sites for hydroxylation is 1. The summed E-state index contributed by atoms with van der Waals surface area (Å²) in [5, 5.41) is 0. The molecule has 0 radical (unpaired) electrons. The first-order chi connectivity index (χ1) is 10.2. The summed E-state index contributed by atoms with van der Waals surface area (Å²) in [4.78, 5) is 18.1. The molecule has 6 nitrogen and oxygen atoms in total. The van der Waals surface area contributed by atoms with Crippen LogP contribution in [0.3, 0.4) is 0 Å². The lowest BCUT2D eigenvalue weighted by molar-refractivity contribution is -0.142. The Morgan fingerprint density at radius 1 is 1.33 bits per heavy atom. The third kappa shape index (κ3) is 3.80. The molecule has 0 aliphatic rings. The number of fused-ring (bicyclic) bond motifs is 1. The van der Waals surface area contributed by atoms with E-state index in [4.69, 9.17) is 9.47 Å². The molecule has 0 saturated carbocycles. The number of hydrogen-bond acceptors (Lipinski definition) is 5. The van der Waals surface area contributed by atoms with Gasteiger partial charge in [-0.2, -0.15) is 0 Å². The second-order valence-corrected chi connectivity index (χ2v) is 4.86. The maximum absolute atomic E-state index is 11.5. The van der Waals surface area contributed by atoms with Crippen molar-refractivity contribution < 1.29 is 14.3 Å². The van der Waals surface area contributed by atoms with Crippen LogP contribution in [0.4, 0.5) is 0 Å². The van der Waals surface area contributed by atoms with Crippen LogP contribution >= 0.6 is 0 Å². The van der Waals surface area contributed by atoms with Crippen molar-refractivity contribution in [1.82, 2.24) is 14.5 Å². The molecule has 6 heteroatoms. The van der Waals surface area contributed by atoms with Crippen LogP contribution in [0.25, 0.3) is 11.0 Å². The van der Waals surface area contributed by atoms with Crippen molar-refractivity contribution in [3.8, 4) is 0 Å². The fourth-order valence-electron chi connectivity index (χ4n) is 2.22. The van der Waals surface area contributed by atoms with E-state index in [2.05, 4.69) is 4.98 Å². The number of hydrogen-bond donors (Lipinski definition) is 0. The Morgan fingerprint density at radius 2 is 2.10 bits per heavy atom. The molecule has 0 spiro atoms. The van der Waals surface area contributed by atoms with E-state index in [1.54, 1.807) is 7.11 Å². The quantitative estimate of drug-likeness (QED) is 0.717. The Kier molecular flexibility index (Phi) is 5.30. The molecular weight excluding hydrogens is 270 g/mol. The molecule has 0 N–H and O–H groups in total. The third-order valence-electron chi connectivity index (χ3n) is 3.44. The fraction of sp³-hybridized carbons (Fsp3) is 0.467. The SMILES string of the molecule is COCCN(CC(=O)OC)Cc1nc2ccccc2n1C. The molecule has 114 valence electrons. The van der Waals surface area contributed by atoms with Crippen molar-refractivity contribution in [2.75, 3.05) is 33.9 Å². The van der Waals surface area contributed by atoms with Gasteiger partial charge in [0.2, 0.25) is 0 Å². The average molecular weight is 291 g/mol. The number of para-hydroxylation sites is 2. The minimum absolute atomic E-state index is 0.225. The topological polar surface area (TPSA) is 56.6 Å². The molecule has 1 aromatic carbocycles. The smallest absolute Gasteiger partial charge is 0.319 e. The van der Waals surface area contributed by atoms with E-state index in [0.717, 1.165) is 16.9 Å². The molecule has 0 saturated heterocycles. The van der Waals surface area contributed by atoms with Gasteiger partial charge in [0, 0.05) is 20.7 Å². The lowest BCUT2D eigenvalue weighted by atomic mass is 10.3. The molecule has 2 rings (SSSR count). The van der Waals surface area contributed by atoms with Gasteiger partial charge >= 0.3 is 5.97 Å². The van der Waals surface area contributed by atoms with Gasteiger partial charge < -0.3 is 14.0 Å². The number of methoxy groups -OCH3 is 2. The summed E-state index contributed by atoms with van der Waals surface area (Å²) in [5.74, 6) is 0.654. The number of imidazole rings is 1. The van der Waals surface area contributed by atoms with Gasteiger partial charge in [-0.1, -0.05) is 12.1 Å². The van der Waals surface area contributed by atoms with E-state index in [9.17, 15) is 4.79 Å². The zero-order chi connectivity index (χ0) is 15.2. The Balaban J connectivity index is 2.16. The number of carbonyl (C=O) groups excluding carboxylic acids is 1. The second-order valence-electron chi connectivity index (χ2n) is 4.86. The number of ether oxygens (including phenoxy) is 2. The van der Waals surface area contributed by atoms with Crippen LogP contribution in [-0.2, 0) is 27.9 Å². The van der Waals surface area contributed by atoms with Crippen LogP contribution < -0.4 is 0 Å². The Morgan fingerprint density at radius 3 is 2.76 bits per heavy atom. The van der Waals surface area contributed by atoms with Gasteiger partial charge in [0.1, 0.15) is 5.82 Å². The number of aromatic nitrogens is 2. The lowest BCUT2D eigenvalue weighted by Gasteiger charge is -2.20. The van der Waals surface area contributed by atoms with Gasteiger partial charge in [0.15, 0.2) is 0 Å². The highest BCUT2D eigenvalue weighted by molar-refractivity contribution is 5.75. The van der Waals surface area contributed by atoms with Crippen LogP contribution in [0.5, 0.6) is 0 Å². The second kappa shape index (κ2) is 7.19.